The Morgan fingerprint density at radius 1 is 1.24 bits per heavy atom. The molecule has 1 fully saturated rings. The smallest absolute Gasteiger partial charge is 0.357 e. The molecule has 5 nitrogen and oxygen atoms in total. The van der Waals surface area contributed by atoms with E-state index in [0.29, 0.717) is 18.8 Å². The van der Waals surface area contributed by atoms with Crippen molar-refractivity contribution in [2.75, 3.05) is 32.2 Å². The molecule has 0 aliphatic carbocycles. The summed E-state index contributed by atoms with van der Waals surface area (Å²) in [6.45, 7) is 4.08. The SMILES string of the molecule is CC1CN(c2ccc(SC(F)(F)F)cc2)CN1Cc1ccncc1C(=O)N(C)C. The lowest BCUT2D eigenvalue weighted by atomic mass is 10.1. The molecule has 0 N–H and O–H groups in total. The maximum absolute atomic E-state index is 12.5. The van der Waals surface area contributed by atoms with Crippen LogP contribution in [0.15, 0.2) is 47.6 Å². The Kier molecular flexibility index (Phi) is 6.38. The molecule has 1 aliphatic rings. The number of aromatic nitrogens is 1. The molecule has 156 valence electrons. The Hall–Kier alpha value is -2.26. The highest BCUT2D eigenvalue weighted by Crippen LogP contribution is 2.37. The van der Waals surface area contributed by atoms with Gasteiger partial charge in [0.1, 0.15) is 0 Å². The molecule has 2 heterocycles. The van der Waals surface area contributed by atoms with Crippen molar-refractivity contribution in [2.45, 2.75) is 29.9 Å². The quantitative estimate of drug-likeness (QED) is 0.677. The van der Waals surface area contributed by atoms with Gasteiger partial charge < -0.3 is 9.80 Å². The fourth-order valence-electron chi connectivity index (χ4n) is 3.32. The molecule has 0 bridgehead atoms. The highest BCUT2D eigenvalue weighted by atomic mass is 32.2. The van der Waals surface area contributed by atoms with E-state index >= 15 is 0 Å². The summed E-state index contributed by atoms with van der Waals surface area (Å²) in [7, 11) is 3.42. The number of alkyl halides is 3. The van der Waals surface area contributed by atoms with Crippen LogP contribution in [0.25, 0.3) is 0 Å². The number of thioether (sulfide) groups is 1. The minimum absolute atomic E-state index is 0.0884. The Morgan fingerprint density at radius 2 is 1.93 bits per heavy atom. The van der Waals surface area contributed by atoms with Gasteiger partial charge >= 0.3 is 5.51 Å². The van der Waals surface area contributed by atoms with Crippen molar-refractivity contribution in [1.82, 2.24) is 14.8 Å². The Labute approximate surface area is 172 Å². The van der Waals surface area contributed by atoms with Crippen molar-refractivity contribution in [3.8, 4) is 0 Å². The van der Waals surface area contributed by atoms with E-state index in [1.807, 2.05) is 6.07 Å². The second kappa shape index (κ2) is 8.62. The van der Waals surface area contributed by atoms with Crippen LogP contribution in [-0.4, -0.2) is 59.5 Å². The molecule has 9 heteroatoms. The van der Waals surface area contributed by atoms with Gasteiger partial charge in [0.15, 0.2) is 0 Å². The van der Waals surface area contributed by atoms with Crippen LogP contribution >= 0.6 is 11.8 Å². The van der Waals surface area contributed by atoms with Gasteiger partial charge in [0, 0.05) is 56.2 Å². The summed E-state index contributed by atoms with van der Waals surface area (Å²) in [6, 6.07) is 8.52. The molecule has 1 aromatic heterocycles. The van der Waals surface area contributed by atoms with E-state index in [9.17, 15) is 18.0 Å². The largest absolute Gasteiger partial charge is 0.446 e. The van der Waals surface area contributed by atoms with E-state index in [4.69, 9.17) is 0 Å². The lowest BCUT2D eigenvalue weighted by Crippen LogP contribution is -2.30. The maximum Gasteiger partial charge on any atom is 0.446 e. The van der Waals surface area contributed by atoms with Gasteiger partial charge in [-0.1, -0.05) is 0 Å². The predicted molar refractivity (Wildman–Crippen MR) is 108 cm³/mol. The van der Waals surface area contributed by atoms with Crippen LogP contribution in [0.5, 0.6) is 0 Å². The first-order chi connectivity index (χ1) is 13.6. The van der Waals surface area contributed by atoms with E-state index in [0.717, 1.165) is 17.8 Å². The molecule has 0 radical (unpaired) electrons. The van der Waals surface area contributed by atoms with Crippen LogP contribution in [0.1, 0.15) is 22.8 Å². The van der Waals surface area contributed by atoms with Gasteiger partial charge in [-0.25, -0.2) is 0 Å². The molecule has 1 aliphatic heterocycles. The predicted octanol–water partition coefficient (Wildman–Crippen LogP) is 4.06. The highest BCUT2D eigenvalue weighted by Gasteiger charge is 2.30. The summed E-state index contributed by atoms with van der Waals surface area (Å²) in [5.74, 6) is -0.0884. The fourth-order valence-corrected chi connectivity index (χ4v) is 3.86. The molecule has 1 unspecified atom stereocenters. The van der Waals surface area contributed by atoms with Crippen LogP contribution in [0, 0.1) is 0 Å². The fraction of sp³-hybridized carbons (Fsp3) is 0.400. The Bertz CT molecular complexity index is 858. The number of rotatable bonds is 5. The molecule has 1 atom stereocenters. The summed E-state index contributed by atoms with van der Waals surface area (Å²) in [5.41, 5.74) is -1.92. The van der Waals surface area contributed by atoms with Gasteiger partial charge in [-0.2, -0.15) is 13.2 Å². The zero-order valence-electron chi connectivity index (χ0n) is 16.5. The third-order valence-electron chi connectivity index (χ3n) is 4.82. The van der Waals surface area contributed by atoms with E-state index in [-0.39, 0.29) is 28.6 Å². The van der Waals surface area contributed by atoms with Crippen molar-refractivity contribution in [3.63, 3.8) is 0 Å². The second-order valence-electron chi connectivity index (χ2n) is 7.23. The van der Waals surface area contributed by atoms with Crippen molar-refractivity contribution in [1.29, 1.82) is 0 Å². The minimum Gasteiger partial charge on any atom is -0.357 e. The summed E-state index contributed by atoms with van der Waals surface area (Å²) >= 11 is -0.109. The second-order valence-corrected chi connectivity index (χ2v) is 8.37. The zero-order valence-corrected chi connectivity index (χ0v) is 17.3. The third-order valence-corrected chi connectivity index (χ3v) is 5.56. The van der Waals surface area contributed by atoms with Crippen molar-refractivity contribution < 1.29 is 18.0 Å². The molecule has 1 saturated heterocycles. The average Bonchev–Trinajstić information content (AvgIpc) is 3.01. The Morgan fingerprint density at radius 3 is 2.55 bits per heavy atom. The number of hydrogen-bond donors (Lipinski definition) is 0. The monoisotopic (exact) mass is 424 g/mol. The highest BCUT2D eigenvalue weighted by molar-refractivity contribution is 8.00. The molecular weight excluding hydrogens is 401 g/mol. The standard InChI is InChI=1S/C20H23F3N4OS/c1-14-11-27(16-4-6-17(7-5-16)29-20(21,22)23)13-26(14)12-15-8-9-24-10-18(15)19(28)25(2)3/h4-10,14H,11-13H2,1-3H3. The van der Waals surface area contributed by atoms with Crippen molar-refractivity contribution >= 4 is 23.4 Å². The number of amides is 1. The molecule has 0 saturated carbocycles. The van der Waals surface area contributed by atoms with Crippen LogP contribution < -0.4 is 4.90 Å². The lowest BCUT2D eigenvalue weighted by molar-refractivity contribution is -0.0328. The lowest BCUT2D eigenvalue weighted by Gasteiger charge is -2.23. The molecule has 3 rings (SSSR count). The molecule has 29 heavy (non-hydrogen) atoms. The van der Waals surface area contributed by atoms with Crippen LogP contribution in [0.3, 0.4) is 0 Å². The van der Waals surface area contributed by atoms with E-state index < -0.39 is 5.51 Å². The molecule has 2 aromatic rings. The van der Waals surface area contributed by atoms with Gasteiger partial charge in [-0.15, -0.1) is 0 Å². The summed E-state index contributed by atoms with van der Waals surface area (Å²) in [4.78, 5) is 22.6. The van der Waals surface area contributed by atoms with E-state index in [2.05, 4.69) is 21.7 Å². The van der Waals surface area contributed by atoms with Crippen molar-refractivity contribution in [3.05, 3.63) is 53.9 Å². The third kappa shape index (κ3) is 5.42. The first-order valence-corrected chi connectivity index (χ1v) is 9.95. The van der Waals surface area contributed by atoms with Crippen LogP contribution in [-0.2, 0) is 6.54 Å². The average molecular weight is 424 g/mol. The van der Waals surface area contributed by atoms with Gasteiger partial charge in [-0.3, -0.25) is 14.7 Å². The maximum atomic E-state index is 12.5. The number of carbonyl (C=O) groups is 1. The number of anilines is 1. The number of halogens is 3. The topological polar surface area (TPSA) is 39.7 Å². The zero-order chi connectivity index (χ0) is 21.2. The summed E-state index contributed by atoms with van der Waals surface area (Å²) in [5, 5.41) is 0. The first-order valence-electron chi connectivity index (χ1n) is 9.13. The van der Waals surface area contributed by atoms with E-state index in [1.54, 1.807) is 38.6 Å². The molecular formula is C20H23F3N4OS. The summed E-state index contributed by atoms with van der Waals surface area (Å²) < 4.78 is 37.5. The number of benzene rings is 1. The molecule has 1 aromatic carbocycles. The minimum atomic E-state index is -4.29. The molecule has 1 amide bonds. The van der Waals surface area contributed by atoms with Crippen LogP contribution in [0.2, 0.25) is 0 Å². The first kappa shape index (κ1) is 21.4. The molecule has 0 spiro atoms. The van der Waals surface area contributed by atoms with Gasteiger partial charge in [0.2, 0.25) is 0 Å². The van der Waals surface area contributed by atoms with E-state index in [1.165, 1.54) is 17.0 Å². The van der Waals surface area contributed by atoms with Gasteiger partial charge in [0.25, 0.3) is 5.91 Å². The number of pyridine rings is 1. The normalized spacial score (nSPS) is 17.6. The number of hydrogen-bond acceptors (Lipinski definition) is 5. The van der Waals surface area contributed by atoms with Gasteiger partial charge in [0.05, 0.1) is 12.2 Å². The summed E-state index contributed by atoms with van der Waals surface area (Å²) in [6.07, 6.45) is 3.27. The van der Waals surface area contributed by atoms with Gasteiger partial charge in [-0.05, 0) is 54.6 Å². The van der Waals surface area contributed by atoms with Crippen LogP contribution in [0.4, 0.5) is 18.9 Å². The number of nitrogens with zero attached hydrogens (tertiary/aromatic N) is 4. The van der Waals surface area contributed by atoms with Crippen molar-refractivity contribution in [2.24, 2.45) is 0 Å². The Balaban J connectivity index is 1.70. The number of carbonyl (C=O) groups excluding carboxylic acids is 1.